The summed E-state index contributed by atoms with van der Waals surface area (Å²) in [7, 11) is 0. The minimum Gasteiger partial charge on any atom is -0.399 e. The highest BCUT2D eigenvalue weighted by Gasteiger charge is 2.37. The topological polar surface area (TPSA) is 43.1 Å². The first kappa shape index (κ1) is 8.96. The number of ketones is 1. The van der Waals surface area contributed by atoms with Crippen molar-refractivity contribution in [3.8, 4) is 0 Å². The van der Waals surface area contributed by atoms with E-state index >= 15 is 0 Å². The van der Waals surface area contributed by atoms with Crippen LogP contribution in [0.3, 0.4) is 0 Å². The molecule has 0 radical (unpaired) electrons. The second kappa shape index (κ2) is 3.09. The predicted molar refractivity (Wildman–Crippen MR) is 59.5 cm³/mol. The van der Waals surface area contributed by atoms with Gasteiger partial charge in [0.25, 0.3) is 0 Å². The number of nitrogens with two attached hydrogens (primary N) is 1. The van der Waals surface area contributed by atoms with E-state index in [4.69, 9.17) is 5.73 Å². The Labute approximate surface area is 89.5 Å². The second-order valence-electron chi connectivity index (χ2n) is 4.81. The van der Waals surface area contributed by atoms with Gasteiger partial charge in [-0.2, -0.15) is 0 Å². The normalized spacial score (nSPS) is 28.7. The summed E-state index contributed by atoms with van der Waals surface area (Å²) < 4.78 is 0. The quantitative estimate of drug-likeness (QED) is 0.652. The van der Waals surface area contributed by atoms with Gasteiger partial charge in [-0.25, -0.2) is 0 Å². The molecule has 2 N–H and O–H groups in total. The zero-order valence-electron chi connectivity index (χ0n) is 8.70. The van der Waals surface area contributed by atoms with Crippen molar-refractivity contribution in [1.29, 1.82) is 0 Å². The van der Waals surface area contributed by atoms with E-state index < -0.39 is 0 Å². The number of nitrogen functional groups attached to an aromatic ring is 1. The van der Waals surface area contributed by atoms with Crippen molar-refractivity contribution in [2.45, 2.75) is 25.7 Å². The predicted octanol–water partition coefficient (Wildman–Crippen LogP) is 1.96. The molecule has 0 spiro atoms. The van der Waals surface area contributed by atoms with Crippen molar-refractivity contribution < 1.29 is 4.79 Å². The molecule has 0 saturated heterocycles. The lowest BCUT2D eigenvalue weighted by Crippen LogP contribution is -2.13. The lowest BCUT2D eigenvalue weighted by molar-refractivity contribution is -0.123. The Kier molecular flexibility index (Phi) is 1.84. The van der Waals surface area contributed by atoms with E-state index in [0.717, 1.165) is 31.4 Å². The molecule has 78 valence electrons. The molecule has 2 aliphatic carbocycles. The third-order valence-electron chi connectivity index (χ3n) is 3.83. The summed E-state index contributed by atoms with van der Waals surface area (Å²) in [6.45, 7) is 0. The average Bonchev–Trinajstić information content (AvgIpc) is 2.44. The Morgan fingerprint density at radius 2 is 1.73 bits per heavy atom. The van der Waals surface area contributed by atoms with E-state index in [2.05, 4.69) is 6.07 Å². The van der Waals surface area contributed by atoms with Crippen LogP contribution in [0.1, 0.15) is 24.0 Å². The van der Waals surface area contributed by atoms with Crippen LogP contribution in [0.2, 0.25) is 0 Å². The molecule has 2 aliphatic rings. The van der Waals surface area contributed by atoms with Gasteiger partial charge in [-0.3, -0.25) is 4.79 Å². The summed E-state index contributed by atoms with van der Waals surface area (Å²) in [6.07, 6.45) is 4.02. The van der Waals surface area contributed by atoms with Crippen LogP contribution < -0.4 is 5.73 Å². The minimum absolute atomic E-state index is 0.276. The summed E-state index contributed by atoms with van der Waals surface area (Å²) >= 11 is 0. The van der Waals surface area contributed by atoms with Gasteiger partial charge in [0.1, 0.15) is 5.78 Å². The van der Waals surface area contributed by atoms with Gasteiger partial charge in [0.15, 0.2) is 0 Å². The summed E-state index contributed by atoms with van der Waals surface area (Å²) in [5.74, 6) is 1.06. The zero-order chi connectivity index (χ0) is 10.4. The molecule has 0 aromatic heterocycles. The SMILES string of the molecule is Nc1ccc2c(c1)CC1CCC(C2)C1=O. The van der Waals surface area contributed by atoms with Gasteiger partial charge in [-0.05, 0) is 48.9 Å². The van der Waals surface area contributed by atoms with E-state index in [1.165, 1.54) is 11.1 Å². The smallest absolute Gasteiger partial charge is 0.139 e. The molecule has 2 nitrogen and oxygen atoms in total. The summed E-state index contributed by atoms with van der Waals surface area (Å²) in [5.41, 5.74) is 9.24. The van der Waals surface area contributed by atoms with E-state index in [1.54, 1.807) is 0 Å². The summed E-state index contributed by atoms with van der Waals surface area (Å²) in [5, 5.41) is 0. The van der Waals surface area contributed by atoms with Crippen LogP contribution in [0, 0.1) is 11.8 Å². The standard InChI is InChI=1S/C13H15NO/c14-12-4-3-8-5-9-1-2-10(13(9)15)6-11(8)7-12/h3-4,7,9-10H,1-2,5-6,14H2. The van der Waals surface area contributed by atoms with Gasteiger partial charge in [-0.15, -0.1) is 0 Å². The Bertz CT molecular complexity index is 425. The van der Waals surface area contributed by atoms with Crippen molar-refractivity contribution in [2.75, 3.05) is 5.73 Å². The fourth-order valence-electron chi connectivity index (χ4n) is 2.99. The van der Waals surface area contributed by atoms with Crippen molar-refractivity contribution in [3.63, 3.8) is 0 Å². The largest absolute Gasteiger partial charge is 0.399 e. The number of anilines is 1. The highest BCUT2D eigenvalue weighted by atomic mass is 16.1. The van der Waals surface area contributed by atoms with E-state index in [0.29, 0.717) is 11.7 Å². The van der Waals surface area contributed by atoms with Gasteiger partial charge in [0.2, 0.25) is 0 Å². The molecule has 0 heterocycles. The number of Topliss-reactive ketones (excluding diaryl/α,β-unsaturated/α-hetero) is 1. The Morgan fingerprint density at radius 3 is 2.47 bits per heavy atom. The Morgan fingerprint density at radius 1 is 1.07 bits per heavy atom. The van der Waals surface area contributed by atoms with Crippen LogP contribution in [0.5, 0.6) is 0 Å². The van der Waals surface area contributed by atoms with Crippen molar-refractivity contribution in [2.24, 2.45) is 11.8 Å². The first-order valence-electron chi connectivity index (χ1n) is 5.65. The Balaban J connectivity index is 2.06. The van der Waals surface area contributed by atoms with Crippen molar-refractivity contribution in [3.05, 3.63) is 29.3 Å². The average molecular weight is 201 g/mol. The Hall–Kier alpha value is -1.31. The first-order valence-corrected chi connectivity index (χ1v) is 5.65. The first-order chi connectivity index (χ1) is 7.24. The molecule has 2 heteroatoms. The van der Waals surface area contributed by atoms with E-state index in [9.17, 15) is 4.79 Å². The number of carbonyl (C=O) groups excluding carboxylic acids is 1. The molecular formula is C13H15NO. The monoisotopic (exact) mass is 201 g/mol. The molecule has 2 unspecified atom stereocenters. The van der Waals surface area contributed by atoms with Gasteiger partial charge in [0, 0.05) is 17.5 Å². The molecule has 1 fully saturated rings. The van der Waals surface area contributed by atoms with Crippen LogP contribution in [-0.2, 0) is 17.6 Å². The van der Waals surface area contributed by atoms with Crippen molar-refractivity contribution in [1.82, 2.24) is 0 Å². The van der Waals surface area contributed by atoms with Crippen LogP contribution in [0.4, 0.5) is 5.69 Å². The zero-order valence-corrected chi connectivity index (χ0v) is 8.70. The molecule has 0 amide bonds. The molecular weight excluding hydrogens is 186 g/mol. The number of rotatable bonds is 0. The maximum absolute atomic E-state index is 11.9. The van der Waals surface area contributed by atoms with E-state index in [-0.39, 0.29) is 5.92 Å². The van der Waals surface area contributed by atoms with Crippen LogP contribution in [-0.4, -0.2) is 5.78 Å². The molecule has 3 rings (SSSR count). The fourth-order valence-corrected chi connectivity index (χ4v) is 2.99. The summed E-state index contributed by atoms with van der Waals surface area (Å²) in [6, 6.07) is 6.09. The van der Waals surface area contributed by atoms with Gasteiger partial charge >= 0.3 is 0 Å². The second-order valence-corrected chi connectivity index (χ2v) is 4.81. The number of hydrogen-bond acceptors (Lipinski definition) is 2. The lowest BCUT2D eigenvalue weighted by Gasteiger charge is -2.12. The van der Waals surface area contributed by atoms with Gasteiger partial charge < -0.3 is 5.73 Å². The van der Waals surface area contributed by atoms with Crippen LogP contribution in [0.15, 0.2) is 18.2 Å². The molecule has 15 heavy (non-hydrogen) atoms. The maximum Gasteiger partial charge on any atom is 0.139 e. The van der Waals surface area contributed by atoms with E-state index in [1.807, 2.05) is 12.1 Å². The number of carbonyl (C=O) groups is 1. The minimum atomic E-state index is 0.276. The molecule has 2 atom stereocenters. The van der Waals surface area contributed by atoms with Gasteiger partial charge in [0.05, 0.1) is 0 Å². The number of hydrogen-bond donors (Lipinski definition) is 1. The van der Waals surface area contributed by atoms with Crippen molar-refractivity contribution >= 4 is 11.5 Å². The highest BCUT2D eigenvalue weighted by Crippen LogP contribution is 2.37. The molecule has 1 aromatic carbocycles. The van der Waals surface area contributed by atoms with Crippen LogP contribution >= 0.6 is 0 Å². The maximum atomic E-state index is 11.9. The number of benzene rings is 1. The number of fused-ring (bicyclic) bond motifs is 3. The third-order valence-corrected chi connectivity index (χ3v) is 3.83. The third kappa shape index (κ3) is 1.36. The fraction of sp³-hybridized carbons (Fsp3) is 0.462. The van der Waals surface area contributed by atoms with Crippen LogP contribution in [0.25, 0.3) is 0 Å². The van der Waals surface area contributed by atoms with Gasteiger partial charge in [-0.1, -0.05) is 6.07 Å². The highest BCUT2D eigenvalue weighted by molar-refractivity contribution is 5.86. The molecule has 0 aliphatic heterocycles. The molecule has 1 aromatic rings. The summed E-state index contributed by atoms with van der Waals surface area (Å²) in [4.78, 5) is 11.9. The molecule has 2 bridgehead atoms. The molecule has 1 saturated carbocycles. The lowest BCUT2D eigenvalue weighted by atomic mass is 9.93.